The first-order valence-corrected chi connectivity index (χ1v) is 7.49. The van der Waals surface area contributed by atoms with Crippen molar-refractivity contribution < 1.29 is 34.7 Å². The van der Waals surface area contributed by atoms with E-state index in [-0.39, 0.29) is 18.1 Å². The summed E-state index contributed by atoms with van der Waals surface area (Å²) in [5.41, 5.74) is 1.13. The molecule has 2 aromatic rings. The van der Waals surface area contributed by atoms with Crippen molar-refractivity contribution in [3.8, 4) is 23.0 Å². The molecule has 0 unspecified atom stereocenters. The van der Waals surface area contributed by atoms with Gasteiger partial charge in [-0.05, 0) is 35.9 Å². The molecule has 0 fully saturated rings. The molecule has 0 saturated carbocycles. The molecule has 2 atom stereocenters. The zero-order chi connectivity index (χ0) is 18.0. The molecule has 0 aliphatic carbocycles. The fraction of sp³-hybridized carbons (Fsp3) is 0.167. The first kappa shape index (κ1) is 16.7. The zero-order valence-electron chi connectivity index (χ0n) is 13.0. The van der Waals surface area contributed by atoms with Crippen molar-refractivity contribution in [2.24, 2.45) is 0 Å². The molecule has 2 aromatic carbocycles. The molecule has 1 aliphatic rings. The predicted octanol–water partition coefficient (Wildman–Crippen LogP) is 2.07. The number of carbonyl (C=O) groups is 1. The fourth-order valence-corrected chi connectivity index (χ4v) is 2.56. The molecule has 3 rings (SSSR count). The maximum absolute atomic E-state index is 10.6. The number of aliphatic carboxylic acids is 1. The van der Waals surface area contributed by atoms with Gasteiger partial charge in [0.2, 0.25) is 0 Å². The number of aromatic hydroxyl groups is 2. The molecule has 0 saturated heterocycles. The molecule has 0 aromatic heterocycles. The molecule has 25 heavy (non-hydrogen) atoms. The molecule has 0 radical (unpaired) electrons. The average molecular weight is 344 g/mol. The topological polar surface area (TPSA) is 116 Å². The molecule has 0 amide bonds. The molecular formula is C18H16O7. The van der Waals surface area contributed by atoms with Crippen LogP contribution >= 0.6 is 0 Å². The van der Waals surface area contributed by atoms with Crippen molar-refractivity contribution >= 4 is 12.0 Å². The Hall–Kier alpha value is -3.19. The molecular weight excluding hydrogens is 328 g/mol. The minimum absolute atomic E-state index is 0.262. The molecule has 130 valence electrons. The monoisotopic (exact) mass is 344 g/mol. The number of fused-ring (bicyclic) bond motifs is 1. The summed E-state index contributed by atoms with van der Waals surface area (Å²) in [5, 5.41) is 37.4. The Kier molecular flexibility index (Phi) is 4.49. The Morgan fingerprint density at radius 3 is 2.52 bits per heavy atom. The second-order valence-electron chi connectivity index (χ2n) is 5.50. The largest absolute Gasteiger partial charge is 0.504 e. The molecule has 7 nitrogen and oxygen atoms in total. The van der Waals surface area contributed by atoms with Crippen LogP contribution in [0.3, 0.4) is 0 Å². The molecule has 0 bridgehead atoms. The van der Waals surface area contributed by atoms with E-state index in [4.69, 9.17) is 14.6 Å². The van der Waals surface area contributed by atoms with Crippen molar-refractivity contribution in [1.82, 2.24) is 0 Å². The lowest BCUT2D eigenvalue weighted by Crippen LogP contribution is -2.36. The third-order valence-electron chi connectivity index (χ3n) is 3.76. The minimum Gasteiger partial charge on any atom is -0.504 e. The maximum Gasteiger partial charge on any atom is 0.328 e. The van der Waals surface area contributed by atoms with Gasteiger partial charge in [-0.1, -0.05) is 12.1 Å². The third-order valence-corrected chi connectivity index (χ3v) is 3.76. The van der Waals surface area contributed by atoms with Gasteiger partial charge in [-0.3, -0.25) is 0 Å². The Morgan fingerprint density at radius 1 is 1.04 bits per heavy atom. The van der Waals surface area contributed by atoms with Crippen LogP contribution in [0, 0.1) is 0 Å². The Morgan fingerprint density at radius 2 is 1.84 bits per heavy atom. The van der Waals surface area contributed by atoms with Crippen LogP contribution in [0.4, 0.5) is 0 Å². The number of phenols is 2. The maximum atomic E-state index is 10.6. The normalized spacial score (nSPS) is 19.1. The van der Waals surface area contributed by atoms with Crippen LogP contribution in [-0.2, 0) is 4.79 Å². The Labute approximate surface area is 143 Å². The van der Waals surface area contributed by atoms with Gasteiger partial charge in [0.25, 0.3) is 0 Å². The van der Waals surface area contributed by atoms with E-state index < -0.39 is 18.2 Å². The van der Waals surface area contributed by atoms with Gasteiger partial charge < -0.3 is 29.9 Å². The van der Waals surface area contributed by atoms with Crippen LogP contribution in [-0.4, -0.2) is 39.1 Å². The molecule has 1 heterocycles. The van der Waals surface area contributed by atoms with Crippen LogP contribution < -0.4 is 9.47 Å². The number of carboxylic acids is 1. The molecule has 0 spiro atoms. The van der Waals surface area contributed by atoms with Gasteiger partial charge in [0, 0.05) is 11.6 Å². The van der Waals surface area contributed by atoms with Gasteiger partial charge >= 0.3 is 5.97 Å². The van der Waals surface area contributed by atoms with Gasteiger partial charge in [0.1, 0.15) is 0 Å². The lowest BCUT2D eigenvalue weighted by atomic mass is 10.0. The van der Waals surface area contributed by atoms with E-state index in [9.17, 15) is 20.1 Å². The first-order chi connectivity index (χ1) is 12.0. The van der Waals surface area contributed by atoms with Crippen LogP contribution in [0.5, 0.6) is 23.0 Å². The molecule has 1 aliphatic heterocycles. The van der Waals surface area contributed by atoms with Crippen LogP contribution in [0.15, 0.2) is 42.5 Å². The summed E-state index contributed by atoms with van der Waals surface area (Å²) >= 11 is 0. The van der Waals surface area contributed by atoms with Gasteiger partial charge in [-0.15, -0.1) is 0 Å². The van der Waals surface area contributed by atoms with E-state index in [0.29, 0.717) is 22.6 Å². The minimum atomic E-state index is -1.06. The van der Waals surface area contributed by atoms with Crippen molar-refractivity contribution in [2.45, 2.75) is 12.2 Å². The highest BCUT2D eigenvalue weighted by atomic mass is 16.6. The van der Waals surface area contributed by atoms with Gasteiger partial charge in [-0.2, -0.15) is 0 Å². The van der Waals surface area contributed by atoms with Gasteiger partial charge in [-0.25, -0.2) is 4.79 Å². The van der Waals surface area contributed by atoms with E-state index in [1.165, 1.54) is 18.2 Å². The quantitative estimate of drug-likeness (QED) is 0.495. The van der Waals surface area contributed by atoms with E-state index in [1.807, 2.05) is 0 Å². The summed E-state index contributed by atoms with van der Waals surface area (Å²) < 4.78 is 11.6. The number of carboxylic acid groups (broad SMARTS) is 1. The van der Waals surface area contributed by atoms with Crippen LogP contribution in [0.25, 0.3) is 6.08 Å². The van der Waals surface area contributed by atoms with E-state index in [1.54, 1.807) is 24.3 Å². The number of aliphatic hydroxyl groups is 1. The standard InChI is InChI=1S/C18H16O7/c19-9-16-18(11-3-4-12(20)13(21)8-11)25-15-7-10(2-6-17(22)23)1-5-14(15)24-16/h1-8,16,18-21H,9H2,(H,22,23)/b6-2+/t16-,18-/m1/s1. The second kappa shape index (κ2) is 6.74. The summed E-state index contributed by atoms with van der Waals surface area (Å²) in [7, 11) is 0. The second-order valence-corrected chi connectivity index (χ2v) is 5.50. The summed E-state index contributed by atoms with van der Waals surface area (Å²) in [6.45, 7) is -0.313. The number of rotatable bonds is 4. The fourth-order valence-electron chi connectivity index (χ4n) is 2.56. The van der Waals surface area contributed by atoms with Gasteiger partial charge in [0.15, 0.2) is 35.2 Å². The van der Waals surface area contributed by atoms with Crippen molar-refractivity contribution in [1.29, 1.82) is 0 Å². The summed E-state index contributed by atoms with van der Waals surface area (Å²) in [6.07, 6.45) is 1.03. The Balaban J connectivity index is 1.94. The number of hydrogen-bond donors (Lipinski definition) is 4. The first-order valence-electron chi connectivity index (χ1n) is 7.49. The van der Waals surface area contributed by atoms with Crippen LogP contribution in [0.1, 0.15) is 17.2 Å². The van der Waals surface area contributed by atoms with Crippen molar-refractivity contribution in [2.75, 3.05) is 6.61 Å². The lowest BCUT2D eigenvalue weighted by Gasteiger charge is -2.33. The number of phenolic OH excluding ortho intramolecular Hbond substituents is 2. The number of aliphatic hydroxyl groups excluding tert-OH is 1. The van der Waals surface area contributed by atoms with Gasteiger partial charge in [0.05, 0.1) is 6.61 Å². The summed E-state index contributed by atoms with van der Waals surface area (Å²) in [4.78, 5) is 10.6. The van der Waals surface area contributed by atoms with E-state index >= 15 is 0 Å². The average Bonchev–Trinajstić information content (AvgIpc) is 2.61. The highest BCUT2D eigenvalue weighted by Crippen LogP contribution is 2.41. The van der Waals surface area contributed by atoms with Crippen LogP contribution in [0.2, 0.25) is 0 Å². The number of benzene rings is 2. The molecule has 7 heteroatoms. The Bertz CT molecular complexity index is 828. The third kappa shape index (κ3) is 3.51. The highest BCUT2D eigenvalue weighted by molar-refractivity contribution is 5.85. The van der Waals surface area contributed by atoms with E-state index in [0.717, 1.165) is 6.08 Å². The van der Waals surface area contributed by atoms with Crippen molar-refractivity contribution in [3.05, 3.63) is 53.6 Å². The highest BCUT2D eigenvalue weighted by Gasteiger charge is 2.33. The SMILES string of the molecule is O=C(O)/C=C/c1ccc2c(c1)O[C@H](c1ccc(O)c(O)c1)[C@@H](CO)O2. The van der Waals surface area contributed by atoms with E-state index in [2.05, 4.69) is 0 Å². The number of hydrogen-bond acceptors (Lipinski definition) is 6. The lowest BCUT2D eigenvalue weighted by molar-refractivity contribution is -0.131. The summed E-state index contributed by atoms with van der Waals surface area (Å²) in [5.74, 6) is -0.822. The zero-order valence-corrected chi connectivity index (χ0v) is 13.0. The number of ether oxygens (including phenoxy) is 2. The van der Waals surface area contributed by atoms with Crippen molar-refractivity contribution in [3.63, 3.8) is 0 Å². The molecule has 4 N–H and O–H groups in total. The predicted molar refractivity (Wildman–Crippen MR) is 87.8 cm³/mol. The summed E-state index contributed by atoms with van der Waals surface area (Å²) in [6, 6.07) is 9.14. The smallest absolute Gasteiger partial charge is 0.328 e.